The van der Waals surface area contributed by atoms with Crippen molar-refractivity contribution in [2.45, 2.75) is 38.4 Å². The lowest BCUT2D eigenvalue weighted by atomic mass is 9.96. The highest BCUT2D eigenvalue weighted by atomic mass is 32.2. The fourth-order valence-corrected chi connectivity index (χ4v) is 4.38. The summed E-state index contributed by atoms with van der Waals surface area (Å²) in [6.07, 6.45) is 5.83. The molecular weight excluding hydrogens is 372 g/mol. The molecular formula is C20H26N6OS. The molecule has 0 spiro atoms. The number of fused-ring (bicyclic) bond motifs is 1. The van der Waals surface area contributed by atoms with Gasteiger partial charge in [0.2, 0.25) is 0 Å². The summed E-state index contributed by atoms with van der Waals surface area (Å²) >= 11 is 1.58. The Hall–Kier alpha value is -2.35. The van der Waals surface area contributed by atoms with Gasteiger partial charge in [0.15, 0.2) is 10.8 Å². The van der Waals surface area contributed by atoms with E-state index in [1.807, 2.05) is 36.9 Å². The van der Waals surface area contributed by atoms with Crippen LogP contribution in [0.1, 0.15) is 24.1 Å². The number of pyridine rings is 1. The normalized spacial score (nSPS) is 15.5. The summed E-state index contributed by atoms with van der Waals surface area (Å²) in [6, 6.07) is 3.83. The van der Waals surface area contributed by atoms with Gasteiger partial charge < -0.3 is 4.90 Å². The van der Waals surface area contributed by atoms with Gasteiger partial charge in [-0.05, 0) is 51.0 Å². The first kappa shape index (κ1) is 19.0. The van der Waals surface area contributed by atoms with Crippen LogP contribution in [0.2, 0.25) is 0 Å². The van der Waals surface area contributed by atoms with Gasteiger partial charge in [-0.3, -0.25) is 9.13 Å². The lowest BCUT2D eigenvalue weighted by Gasteiger charge is -2.34. The van der Waals surface area contributed by atoms with Crippen LogP contribution in [0.3, 0.4) is 0 Å². The summed E-state index contributed by atoms with van der Waals surface area (Å²) in [5, 5.41) is 0.827. The maximum absolute atomic E-state index is 12.7. The fourth-order valence-electron chi connectivity index (χ4n) is 3.97. The van der Waals surface area contributed by atoms with Crippen LogP contribution in [0.4, 0.5) is 5.82 Å². The van der Waals surface area contributed by atoms with E-state index in [0.717, 1.165) is 65.9 Å². The average molecular weight is 399 g/mol. The average Bonchev–Trinajstić information content (AvgIpc) is 2.96. The van der Waals surface area contributed by atoms with Gasteiger partial charge in [0.05, 0.1) is 5.52 Å². The Morgan fingerprint density at radius 1 is 1.21 bits per heavy atom. The second-order valence-electron chi connectivity index (χ2n) is 7.47. The lowest BCUT2D eigenvalue weighted by molar-refractivity contribution is 0.353. The molecule has 1 fully saturated rings. The van der Waals surface area contributed by atoms with Gasteiger partial charge in [-0.1, -0.05) is 11.8 Å². The molecule has 8 heteroatoms. The molecule has 148 valence electrons. The van der Waals surface area contributed by atoms with Crippen molar-refractivity contribution in [1.82, 2.24) is 24.1 Å². The summed E-state index contributed by atoms with van der Waals surface area (Å²) in [7, 11) is 1.81. The van der Waals surface area contributed by atoms with E-state index in [2.05, 4.69) is 21.8 Å². The molecule has 28 heavy (non-hydrogen) atoms. The van der Waals surface area contributed by atoms with Gasteiger partial charge in [-0.15, -0.1) is 0 Å². The largest absolute Gasteiger partial charge is 0.356 e. The molecule has 0 atom stereocenters. The van der Waals surface area contributed by atoms with Crippen LogP contribution < -0.4 is 10.6 Å². The van der Waals surface area contributed by atoms with E-state index in [1.54, 1.807) is 22.5 Å². The minimum absolute atomic E-state index is 0.0167. The van der Waals surface area contributed by atoms with E-state index >= 15 is 0 Å². The first-order valence-electron chi connectivity index (χ1n) is 9.64. The molecule has 3 aromatic rings. The number of piperidine rings is 1. The minimum atomic E-state index is 0.0167. The second kappa shape index (κ2) is 7.58. The zero-order valence-electron chi connectivity index (χ0n) is 16.8. The molecule has 4 heterocycles. The number of hydrogen-bond donors (Lipinski definition) is 0. The molecule has 1 aliphatic rings. The Labute approximate surface area is 168 Å². The Bertz CT molecular complexity index is 1060. The van der Waals surface area contributed by atoms with Crippen LogP contribution >= 0.6 is 11.8 Å². The van der Waals surface area contributed by atoms with E-state index in [1.165, 1.54) is 0 Å². The second-order valence-corrected chi connectivity index (χ2v) is 8.25. The van der Waals surface area contributed by atoms with Gasteiger partial charge in [-0.25, -0.2) is 19.7 Å². The van der Waals surface area contributed by atoms with Gasteiger partial charge in [0.1, 0.15) is 5.82 Å². The third-order valence-electron chi connectivity index (χ3n) is 5.78. The fraction of sp³-hybridized carbons (Fsp3) is 0.500. The van der Waals surface area contributed by atoms with E-state index < -0.39 is 0 Å². The van der Waals surface area contributed by atoms with Gasteiger partial charge in [0, 0.05) is 44.1 Å². The first-order valence-corrected chi connectivity index (χ1v) is 10.9. The highest BCUT2D eigenvalue weighted by molar-refractivity contribution is 7.98. The molecule has 0 radical (unpaired) electrons. The SMILES string of the molecule is CSc1nc(C)c(C)c(N2CCC(Cn3c(=O)n(C)c4cccnc43)CC2)n1. The zero-order valence-corrected chi connectivity index (χ0v) is 17.7. The number of imidazole rings is 1. The summed E-state index contributed by atoms with van der Waals surface area (Å²) < 4.78 is 3.52. The van der Waals surface area contributed by atoms with E-state index in [-0.39, 0.29) is 5.69 Å². The predicted molar refractivity (Wildman–Crippen MR) is 113 cm³/mol. The van der Waals surface area contributed by atoms with Crippen LogP contribution in [0.15, 0.2) is 28.3 Å². The van der Waals surface area contributed by atoms with Crippen LogP contribution in [0.5, 0.6) is 0 Å². The summed E-state index contributed by atoms with van der Waals surface area (Å²) in [6.45, 7) is 6.76. The third-order valence-corrected chi connectivity index (χ3v) is 6.33. The van der Waals surface area contributed by atoms with Crippen LogP contribution in [0, 0.1) is 19.8 Å². The van der Waals surface area contributed by atoms with Gasteiger partial charge >= 0.3 is 5.69 Å². The lowest BCUT2D eigenvalue weighted by Crippen LogP contribution is -2.37. The molecule has 1 aliphatic heterocycles. The number of rotatable bonds is 4. The Morgan fingerprint density at radius 2 is 1.96 bits per heavy atom. The summed E-state index contributed by atoms with van der Waals surface area (Å²) in [5.41, 5.74) is 3.89. The molecule has 0 aromatic carbocycles. The molecule has 0 saturated carbocycles. The number of aryl methyl sites for hydroxylation is 2. The standard InChI is InChI=1S/C20H26N6OS/c1-13-14(2)22-19(28-4)23-17(13)25-10-7-15(8-11-25)12-26-18-16(6-5-9-21-18)24(3)20(26)27/h5-6,9,15H,7-8,10-12H2,1-4H3. The van der Waals surface area contributed by atoms with Crippen molar-refractivity contribution in [2.75, 3.05) is 24.2 Å². The molecule has 0 N–H and O–H groups in total. The van der Waals surface area contributed by atoms with Crippen LogP contribution in [-0.2, 0) is 13.6 Å². The number of anilines is 1. The number of aromatic nitrogens is 5. The molecule has 0 amide bonds. The van der Waals surface area contributed by atoms with Crippen molar-refractivity contribution in [1.29, 1.82) is 0 Å². The van der Waals surface area contributed by atoms with Crippen molar-refractivity contribution in [3.63, 3.8) is 0 Å². The first-order chi connectivity index (χ1) is 13.5. The number of thioether (sulfide) groups is 1. The molecule has 0 bridgehead atoms. The van der Waals surface area contributed by atoms with Crippen LogP contribution in [-0.4, -0.2) is 43.4 Å². The van der Waals surface area contributed by atoms with Crippen LogP contribution in [0.25, 0.3) is 11.2 Å². The van der Waals surface area contributed by atoms with Gasteiger partial charge in [-0.2, -0.15) is 0 Å². The molecule has 0 unspecified atom stereocenters. The quantitative estimate of drug-likeness (QED) is 0.497. The molecule has 3 aromatic heterocycles. The Balaban J connectivity index is 1.51. The molecule has 0 aliphatic carbocycles. The molecule has 7 nitrogen and oxygen atoms in total. The van der Waals surface area contributed by atoms with Crippen molar-refractivity contribution in [3.05, 3.63) is 40.1 Å². The predicted octanol–water partition coefficient (Wildman–Crippen LogP) is 2.78. The van der Waals surface area contributed by atoms with Gasteiger partial charge in [0.25, 0.3) is 0 Å². The van der Waals surface area contributed by atoms with Crippen molar-refractivity contribution < 1.29 is 0 Å². The zero-order chi connectivity index (χ0) is 19.8. The van der Waals surface area contributed by atoms with E-state index in [0.29, 0.717) is 5.92 Å². The molecule has 4 rings (SSSR count). The number of hydrogen-bond acceptors (Lipinski definition) is 6. The maximum atomic E-state index is 12.7. The highest BCUT2D eigenvalue weighted by Gasteiger charge is 2.24. The van der Waals surface area contributed by atoms with E-state index in [9.17, 15) is 4.79 Å². The van der Waals surface area contributed by atoms with Crippen molar-refractivity contribution >= 4 is 28.7 Å². The Kier molecular flexibility index (Phi) is 5.14. The van der Waals surface area contributed by atoms with Crippen molar-refractivity contribution in [2.24, 2.45) is 13.0 Å². The number of nitrogens with zero attached hydrogens (tertiary/aromatic N) is 6. The summed E-state index contributed by atoms with van der Waals surface area (Å²) in [4.78, 5) is 28.8. The molecule has 1 saturated heterocycles. The minimum Gasteiger partial charge on any atom is -0.356 e. The third kappa shape index (κ3) is 3.30. The Morgan fingerprint density at radius 3 is 2.68 bits per heavy atom. The topological polar surface area (TPSA) is 68.8 Å². The van der Waals surface area contributed by atoms with E-state index in [4.69, 9.17) is 4.98 Å². The highest BCUT2D eigenvalue weighted by Crippen LogP contribution is 2.28. The monoisotopic (exact) mass is 398 g/mol. The summed E-state index contributed by atoms with van der Waals surface area (Å²) in [5.74, 6) is 1.52. The van der Waals surface area contributed by atoms with Crippen molar-refractivity contribution in [3.8, 4) is 0 Å². The maximum Gasteiger partial charge on any atom is 0.330 e. The smallest absolute Gasteiger partial charge is 0.330 e.